The zero-order valence-electron chi connectivity index (χ0n) is 6.76. The molecule has 0 aromatic heterocycles. The van der Waals surface area contributed by atoms with Crippen LogP contribution in [0.4, 0.5) is 0 Å². The van der Waals surface area contributed by atoms with Gasteiger partial charge in [-0.15, -0.1) is 0 Å². The summed E-state index contributed by atoms with van der Waals surface area (Å²) in [6.45, 7) is 6.02. The van der Waals surface area contributed by atoms with Crippen LogP contribution >= 0.6 is 0 Å². The predicted molar refractivity (Wildman–Crippen MR) is 39.8 cm³/mol. The van der Waals surface area contributed by atoms with Gasteiger partial charge in [-0.1, -0.05) is 13.8 Å². The summed E-state index contributed by atoms with van der Waals surface area (Å²) < 4.78 is 5.14. The highest BCUT2D eigenvalue weighted by Gasteiger charge is 2.57. The number of rotatable bonds is 1. The van der Waals surface area contributed by atoms with Gasteiger partial charge in [0.25, 0.3) is 0 Å². The van der Waals surface area contributed by atoms with Crippen molar-refractivity contribution in [1.29, 1.82) is 0 Å². The van der Waals surface area contributed by atoms with Crippen molar-refractivity contribution < 1.29 is 9.84 Å². The van der Waals surface area contributed by atoms with E-state index in [4.69, 9.17) is 9.84 Å². The molecule has 0 spiro atoms. The van der Waals surface area contributed by atoms with Crippen molar-refractivity contribution in [3.63, 3.8) is 0 Å². The molecule has 2 rings (SSSR count). The van der Waals surface area contributed by atoms with Crippen molar-refractivity contribution in [3.05, 3.63) is 0 Å². The Hall–Kier alpha value is -0.0800. The van der Waals surface area contributed by atoms with Crippen molar-refractivity contribution in [2.24, 2.45) is 11.3 Å². The highest BCUT2D eigenvalue weighted by atomic mass is 16.5. The van der Waals surface area contributed by atoms with Crippen molar-refractivity contribution in [3.8, 4) is 0 Å². The van der Waals surface area contributed by atoms with E-state index in [0.717, 1.165) is 13.2 Å². The molecule has 60 valence electrons. The van der Waals surface area contributed by atoms with Crippen LogP contribution in [0.3, 0.4) is 0 Å². The molecule has 0 amide bonds. The van der Waals surface area contributed by atoms with Gasteiger partial charge >= 0.3 is 0 Å². The Morgan fingerprint density at radius 2 is 2.30 bits per heavy atom. The van der Waals surface area contributed by atoms with Crippen LogP contribution in [0.2, 0.25) is 0 Å². The summed E-state index contributed by atoms with van der Waals surface area (Å²) in [5.74, 6) is 0.701. The molecule has 1 heterocycles. The van der Waals surface area contributed by atoms with E-state index in [1.807, 2.05) is 13.8 Å². The molecule has 0 aromatic carbocycles. The Morgan fingerprint density at radius 1 is 1.60 bits per heavy atom. The number of hydrogen-bond donors (Lipinski definition) is 1. The SMILES string of the molecule is CC.OCC12COCC1C2. The zero-order valence-corrected chi connectivity index (χ0v) is 6.76. The lowest BCUT2D eigenvalue weighted by molar-refractivity contribution is 0.117. The standard InChI is InChI=1S/C6H10O2.C2H6/c7-3-6-1-5(6)2-8-4-6;1-2/h5,7H,1-4H2;1-2H3. The molecule has 2 heteroatoms. The lowest BCUT2D eigenvalue weighted by atomic mass is 10.1. The van der Waals surface area contributed by atoms with Gasteiger partial charge in [-0.05, 0) is 12.3 Å². The molecular weight excluding hydrogens is 128 g/mol. The first-order chi connectivity index (χ1) is 4.87. The van der Waals surface area contributed by atoms with Gasteiger partial charge in [-0.3, -0.25) is 0 Å². The summed E-state index contributed by atoms with van der Waals surface area (Å²) >= 11 is 0. The molecule has 1 saturated heterocycles. The van der Waals surface area contributed by atoms with E-state index in [2.05, 4.69) is 0 Å². The largest absolute Gasteiger partial charge is 0.396 e. The Balaban J connectivity index is 0.000000231. The van der Waals surface area contributed by atoms with Crippen LogP contribution in [0.1, 0.15) is 20.3 Å². The van der Waals surface area contributed by atoms with E-state index in [9.17, 15) is 0 Å². The quantitative estimate of drug-likeness (QED) is 0.596. The van der Waals surface area contributed by atoms with Crippen LogP contribution in [0.25, 0.3) is 0 Å². The highest BCUT2D eigenvalue weighted by molar-refractivity contribution is 5.05. The van der Waals surface area contributed by atoms with Gasteiger partial charge in [0.2, 0.25) is 0 Å². The molecule has 10 heavy (non-hydrogen) atoms. The third-order valence-corrected chi connectivity index (χ3v) is 2.38. The fraction of sp³-hybridized carbons (Fsp3) is 1.00. The minimum Gasteiger partial charge on any atom is -0.396 e. The fourth-order valence-corrected chi connectivity index (χ4v) is 1.49. The fourth-order valence-electron chi connectivity index (χ4n) is 1.49. The second-order valence-electron chi connectivity index (χ2n) is 2.94. The van der Waals surface area contributed by atoms with E-state index < -0.39 is 0 Å². The van der Waals surface area contributed by atoms with Crippen LogP contribution in [-0.4, -0.2) is 24.9 Å². The zero-order chi connectivity index (χ0) is 7.61. The lowest BCUT2D eigenvalue weighted by Gasteiger charge is -2.02. The van der Waals surface area contributed by atoms with E-state index in [1.165, 1.54) is 6.42 Å². The lowest BCUT2D eigenvalue weighted by Crippen LogP contribution is -2.09. The Labute approximate surface area is 62.2 Å². The number of hydrogen-bond acceptors (Lipinski definition) is 2. The van der Waals surface area contributed by atoms with Crippen molar-refractivity contribution >= 4 is 0 Å². The molecule has 0 aromatic rings. The van der Waals surface area contributed by atoms with Gasteiger partial charge in [0.05, 0.1) is 19.8 Å². The molecule has 0 radical (unpaired) electrons. The summed E-state index contributed by atoms with van der Waals surface area (Å²) in [7, 11) is 0. The van der Waals surface area contributed by atoms with Crippen molar-refractivity contribution in [2.45, 2.75) is 20.3 Å². The summed E-state index contributed by atoms with van der Waals surface area (Å²) in [5, 5.41) is 8.79. The van der Waals surface area contributed by atoms with E-state index >= 15 is 0 Å². The first-order valence-electron chi connectivity index (χ1n) is 4.06. The van der Waals surface area contributed by atoms with Gasteiger partial charge in [0, 0.05) is 5.41 Å². The molecule has 1 aliphatic carbocycles. The van der Waals surface area contributed by atoms with Crippen LogP contribution in [0, 0.1) is 11.3 Å². The smallest absolute Gasteiger partial charge is 0.0548 e. The van der Waals surface area contributed by atoms with Gasteiger partial charge in [-0.2, -0.15) is 0 Å². The molecule has 2 aliphatic rings. The van der Waals surface area contributed by atoms with Crippen LogP contribution in [0.15, 0.2) is 0 Å². The molecule has 1 saturated carbocycles. The van der Waals surface area contributed by atoms with E-state index in [-0.39, 0.29) is 5.41 Å². The number of fused-ring (bicyclic) bond motifs is 1. The second kappa shape index (κ2) is 2.89. The van der Waals surface area contributed by atoms with Crippen molar-refractivity contribution in [2.75, 3.05) is 19.8 Å². The molecule has 1 aliphatic heterocycles. The van der Waals surface area contributed by atoms with Gasteiger partial charge < -0.3 is 9.84 Å². The highest BCUT2D eigenvalue weighted by Crippen LogP contribution is 2.56. The second-order valence-corrected chi connectivity index (χ2v) is 2.94. The molecule has 2 unspecified atom stereocenters. The molecule has 2 atom stereocenters. The van der Waals surface area contributed by atoms with Crippen LogP contribution in [-0.2, 0) is 4.74 Å². The predicted octanol–water partition coefficient (Wildman–Crippen LogP) is 1.04. The summed E-state index contributed by atoms with van der Waals surface area (Å²) in [6, 6.07) is 0. The first kappa shape index (κ1) is 8.02. The minimum atomic E-state index is 0.236. The number of ether oxygens (including phenoxy) is 1. The Kier molecular flexibility index (Phi) is 2.32. The third-order valence-electron chi connectivity index (χ3n) is 2.38. The molecule has 0 bridgehead atoms. The molecule has 1 N–H and O–H groups in total. The molecule has 2 fully saturated rings. The molecule has 2 nitrogen and oxygen atoms in total. The van der Waals surface area contributed by atoms with Gasteiger partial charge in [0.15, 0.2) is 0 Å². The average molecular weight is 144 g/mol. The summed E-state index contributed by atoms with van der Waals surface area (Å²) in [5.41, 5.74) is 0.236. The Morgan fingerprint density at radius 3 is 2.50 bits per heavy atom. The average Bonchev–Trinajstić information content (AvgIpc) is 2.59. The number of aliphatic hydroxyl groups is 1. The van der Waals surface area contributed by atoms with Crippen LogP contribution in [0.5, 0.6) is 0 Å². The third kappa shape index (κ3) is 1.06. The number of aliphatic hydroxyl groups excluding tert-OH is 1. The topological polar surface area (TPSA) is 29.5 Å². The van der Waals surface area contributed by atoms with Gasteiger partial charge in [0.1, 0.15) is 0 Å². The van der Waals surface area contributed by atoms with Crippen molar-refractivity contribution in [1.82, 2.24) is 0 Å². The normalized spacial score (nSPS) is 41.7. The summed E-state index contributed by atoms with van der Waals surface area (Å²) in [6.07, 6.45) is 1.20. The van der Waals surface area contributed by atoms with E-state index in [1.54, 1.807) is 0 Å². The first-order valence-corrected chi connectivity index (χ1v) is 4.06. The molecular formula is C8H16O2. The van der Waals surface area contributed by atoms with E-state index in [0.29, 0.717) is 12.5 Å². The maximum atomic E-state index is 8.79. The minimum absolute atomic E-state index is 0.236. The Bertz CT molecular complexity index is 110. The maximum Gasteiger partial charge on any atom is 0.0548 e. The van der Waals surface area contributed by atoms with Gasteiger partial charge in [-0.25, -0.2) is 0 Å². The van der Waals surface area contributed by atoms with Crippen LogP contribution < -0.4 is 0 Å². The maximum absolute atomic E-state index is 8.79. The monoisotopic (exact) mass is 144 g/mol. The summed E-state index contributed by atoms with van der Waals surface area (Å²) in [4.78, 5) is 0.